The third kappa shape index (κ3) is 3.91. The van der Waals surface area contributed by atoms with Crippen molar-refractivity contribution in [2.75, 3.05) is 0 Å². The standard InChI is InChI=1S/C21H24ClN3O/c1-14(2)12-13-25-19-11-7-6-10-18(19)24-20(25)15(3)23-21(26)16-8-4-5-9-17(16)22/h4-11,14-15H,12-13H2,1-3H3,(H,23,26). The average molecular weight is 370 g/mol. The molecular formula is C21H24ClN3O. The topological polar surface area (TPSA) is 46.9 Å². The number of nitrogens with zero attached hydrogens (tertiary/aromatic N) is 2. The molecule has 0 saturated carbocycles. The second-order valence-corrected chi connectivity index (χ2v) is 7.38. The average Bonchev–Trinajstić information content (AvgIpc) is 2.99. The number of amides is 1. The number of fused-ring (bicyclic) bond motifs is 1. The lowest BCUT2D eigenvalue weighted by atomic mass is 10.1. The first-order valence-electron chi connectivity index (χ1n) is 8.98. The number of hydrogen-bond donors (Lipinski definition) is 1. The molecule has 1 atom stereocenters. The number of hydrogen-bond acceptors (Lipinski definition) is 2. The monoisotopic (exact) mass is 369 g/mol. The molecule has 1 aromatic heterocycles. The molecule has 4 nitrogen and oxygen atoms in total. The van der Waals surface area contributed by atoms with Gasteiger partial charge in [-0.2, -0.15) is 0 Å². The Morgan fingerprint density at radius 1 is 1.12 bits per heavy atom. The number of carbonyl (C=O) groups is 1. The second kappa shape index (κ2) is 7.92. The van der Waals surface area contributed by atoms with Gasteiger partial charge in [-0.3, -0.25) is 4.79 Å². The van der Waals surface area contributed by atoms with Crippen LogP contribution in [0.15, 0.2) is 48.5 Å². The largest absolute Gasteiger partial charge is 0.342 e. The summed E-state index contributed by atoms with van der Waals surface area (Å²) < 4.78 is 2.22. The van der Waals surface area contributed by atoms with E-state index in [1.165, 1.54) is 0 Å². The lowest BCUT2D eigenvalue weighted by Crippen LogP contribution is -2.29. The van der Waals surface area contributed by atoms with E-state index in [1.807, 2.05) is 37.3 Å². The molecule has 136 valence electrons. The predicted molar refractivity (Wildman–Crippen MR) is 107 cm³/mol. The molecule has 2 aromatic carbocycles. The number of rotatable bonds is 6. The highest BCUT2D eigenvalue weighted by atomic mass is 35.5. The van der Waals surface area contributed by atoms with Crippen LogP contribution in [0.4, 0.5) is 0 Å². The Kier molecular flexibility index (Phi) is 5.62. The number of imidazole rings is 1. The molecule has 0 aliphatic rings. The van der Waals surface area contributed by atoms with Crippen LogP contribution in [0.1, 0.15) is 49.4 Å². The molecule has 3 aromatic rings. The van der Waals surface area contributed by atoms with Gasteiger partial charge in [0.1, 0.15) is 5.82 Å². The Hall–Kier alpha value is -2.33. The van der Waals surface area contributed by atoms with E-state index in [0.29, 0.717) is 16.5 Å². The fourth-order valence-corrected chi connectivity index (χ4v) is 3.25. The zero-order valence-electron chi connectivity index (χ0n) is 15.4. The molecule has 0 aliphatic carbocycles. The summed E-state index contributed by atoms with van der Waals surface area (Å²) in [7, 11) is 0. The number of carbonyl (C=O) groups excluding carboxylic acids is 1. The summed E-state index contributed by atoms with van der Waals surface area (Å²) in [5, 5.41) is 3.49. The first-order chi connectivity index (χ1) is 12.5. The van der Waals surface area contributed by atoms with Crippen molar-refractivity contribution in [1.29, 1.82) is 0 Å². The lowest BCUT2D eigenvalue weighted by Gasteiger charge is -2.17. The van der Waals surface area contributed by atoms with Gasteiger partial charge in [0.05, 0.1) is 27.7 Å². The first-order valence-corrected chi connectivity index (χ1v) is 9.35. The van der Waals surface area contributed by atoms with E-state index in [-0.39, 0.29) is 11.9 Å². The Morgan fingerprint density at radius 2 is 1.81 bits per heavy atom. The SMILES string of the molecule is CC(C)CCn1c(C(C)NC(=O)c2ccccc2Cl)nc2ccccc21. The van der Waals surface area contributed by atoms with E-state index in [0.717, 1.165) is 29.8 Å². The van der Waals surface area contributed by atoms with Crippen LogP contribution >= 0.6 is 11.6 Å². The van der Waals surface area contributed by atoms with Crippen molar-refractivity contribution in [3.8, 4) is 0 Å². The van der Waals surface area contributed by atoms with Gasteiger partial charge in [0.15, 0.2) is 0 Å². The van der Waals surface area contributed by atoms with Crippen LogP contribution in [-0.2, 0) is 6.54 Å². The van der Waals surface area contributed by atoms with E-state index in [4.69, 9.17) is 16.6 Å². The summed E-state index contributed by atoms with van der Waals surface area (Å²) in [5.74, 6) is 1.27. The number of aromatic nitrogens is 2. The number of benzene rings is 2. The van der Waals surface area contributed by atoms with Crippen LogP contribution in [0, 0.1) is 5.92 Å². The Labute approximate surface area is 159 Å². The Bertz CT molecular complexity index is 917. The quantitative estimate of drug-likeness (QED) is 0.646. The third-order valence-electron chi connectivity index (χ3n) is 4.47. The maximum Gasteiger partial charge on any atom is 0.253 e. The minimum Gasteiger partial charge on any atom is -0.342 e. The van der Waals surface area contributed by atoms with Crippen LogP contribution in [0.3, 0.4) is 0 Å². The van der Waals surface area contributed by atoms with E-state index < -0.39 is 0 Å². The Balaban J connectivity index is 1.89. The normalized spacial score (nSPS) is 12.5. The summed E-state index contributed by atoms with van der Waals surface area (Å²) in [6.45, 7) is 7.25. The second-order valence-electron chi connectivity index (χ2n) is 6.97. The summed E-state index contributed by atoms with van der Waals surface area (Å²) in [5.41, 5.74) is 2.53. The van der Waals surface area contributed by atoms with Gasteiger partial charge >= 0.3 is 0 Å². The molecule has 1 amide bonds. The lowest BCUT2D eigenvalue weighted by molar-refractivity contribution is 0.0937. The minimum absolute atomic E-state index is 0.189. The smallest absolute Gasteiger partial charge is 0.253 e. The predicted octanol–water partition coefficient (Wildman–Crippen LogP) is 5.23. The first kappa shape index (κ1) is 18.5. The summed E-state index contributed by atoms with van der Waals surface area (Å²) in [4.78, 5) is 17.4. The zero-order chi connectivity index (χ0) is 18.7. The van der Waals surface area contributed by atoms with Gasteiger partial charge in [-0.25, -0.2) is 4.98 Å². The molecule has 0 fully saturated rings. The number of para-hydroxylation sites is 2. The van der Waals surface area contributed by atoms with Crippen molar-refractivity contribution in [3.05, 3.63) is 64.9 Å². The maximum absolute atomic E-state index is 12.6. The molecule has 0 saturated heterocycles. The van der Waals surface area contributed by atoms with E-state index in [9.17, 15) is 4.79 Å². The van der Waals surface area contributed by atoms with Gasteiger partial charge in [-0.1, -0.05) is 49.7 Å². The summed E-state index contributed by atoms with van der Waals surface area (Å²) in [6, 6.07) is 14.9. The third-order valence-corrected chi connectivity index (χ3v) is 4.80. The maximum atomic E-state index is 12.6. The van der Waals surface area contributed by atoms with Crippen LogP contribution in [0.25, 0.3) is 11.0 Å². The summed E-state index contributed by atoms with van der Waals surface area (Å²) >= 11 is 6.15. The van der Waals surface area contributed by atoms with Crippen LogP contribution in [0.2, 0.25) is 5.02 Å². The van der Waals surface area contributed by atoms with Crippen molar-refractivity contribution >= 4 is 28.5 Å². The molecule has 0 radical (unpaired) electrons. The molecule has 1 heterocycles. The van der Waals surface area contributed by atoms with Gasteiger partial charge in [0, 0.05) is 6.54 Å². The van der Waals surface area contributed by atoms with Crippen molar-refractivity contribution < 1.29 is 4.79 Å². The molecule has 0 bridgehead atoms. The molecule has 0 aliphatic heterocycles. The highest BCUT2D eigenvalue weighted by Crippen LogP contribution is 2.23. The molecule has 0 spiro atoms. The van der Waals surface area contributed by atoms with Crippen molar-refractivity contribution in [3.63, 3.8) is 0 Å². The molecule has 3 rings (SSSR count). The summed E-state index contributed by atoms with van der Waals surface area (Å²) in [6.07, 6.45) is 1.05. The van der Waals surface area contributed by atoms with Gasteiger partial charge in [-0.15, -0.1) is 0 Å². The number of nitrogens with one attached hydrogen (secondary N) is 1. The highest BCUT2D eigenvalue weighted by Gasteiger charge is 2.20. The zero-order valence-corrected chi connectivity index (χ0v) is 16.1. The highest BCUT2D eigenvalue weighted by molar-refractivity contribution is 6.33. The van der Waals surface area contributed by atoms with E-state index in [1.54, 1.807) is 12.1 Å². The Morgan fingerprint density at radius 3 is 2.54 bits per heavy atom. The van der Waals surface area contributed by atoms with Crippen molar-refractivity contribution in [1.82, 2.24) is 14.9 Å². The molecule has 1 unspecified atom stereocenters. The van der Waals surface area contributed by atoms with Crippen LogP contribution < -0.4 is 5.32 Å². The van der Waals surface area contributed by atoms with Crippen LogP contribution in [-0.4, -0.2) is 15.5 Å². The number of aryl methyl sites for hydroxylation is 1. The fraction of sp³-hybridized carbons (Fsp3) is 0.333. The van der Waals surface area contributed by atoms with Gasteiger partial charge in [0.25, 0.3) is 5.91 Å². The van der Waals surface area contributed by atoms with Crippen LogP contribution in [0.5, 0.6) is 0 Å². The minimum atomic E-state index is -0.224. The van der Waals surface area contributed by atoms with Crippen molar-refractivity contribution in [2.24, 2.45) is 5.92 Å². The van der Waals surface area contributed by atoms with Gasteiger partial charge < -0.3 is 9.88 Å². The molecule has 26 heavy (non-hydrogen) atoms. The molecular weight excluding hydrogens is 346 g/mol. The van der Waals surface area contributed by atoms with Gasteiger partial charge in [0.2, 0.25) is 0 Å². The molecule has 5 heteroatoms. The molecule has 1 N–H and O–H groups in total. The van der Waals surface area contributed by atoms with Crippen molar-refractivity contribution in [2.45, 2.75) is 39.8 Å². The van der Waals surface area contributed by atoms with E-state index in [2.05, 4.69) is 29.8 Å². The fourth-order valence-electron chi connectivity index (χ4n) is 3.03. The number of halogens is 1. The van der Waals surface area contributed by atoms with E-state index >= 15 is 0 Å². The van der Waals surface area contributed by atoms with Gasteiger partial charge in [-0.05, 0) is 43.5 Å².